The number of rotatable bonds is 6. The van der Waals surface area contributed by atoms with Gasteiger partial charge in [0.15, 0.2) is 0 Å². The topological polar surface area (TPSA) is 105 Å². The summed E-state index contributed by atoms with van der Waals surface area (Å²) >= 11 is 6.34. The summed E-state index contributed by atoms with van der Waals surface area (Å²) in [5, 5.41) is 16.4. The maximum Gasteiger partial charge on any atom is 0.335 e. The van der Waals surface area contributed by atoms with E-state index in [2.05, 4.69) is 27.2 Å². The fourth-order valence-electron chi connectivity index (χ4n) is 8.27. The van der Waals surface area contributed by atoms with Gasteiger partial charge in [-0.25, -0.2) is 9.36 Å². The first-order valence-electron chi connectivity index (χ1n) is 14.7. The highest BCUT2D eigenvalue weighted by Crippen LogP contribution is 2.60. The monoisotopic (exact) mass is 583 g/mol. The van der Waals surface area contributed by atoms with Crippen LogP contribution in [0, 0.1) is 31.6 Å². The van der Waals surface area contributed by atoms with Crippen molar-refractivity contribution in [1.82, 2.24) is 19.3 Å². The molecule has 0 unspecified atom stereocenters. The van der Waals surface area contributed by atoms with E-state index in [1.165, 1.54) is 50.3 Å². The van der Waals surface area contributed by atoms with Crippen LogP contribution in [-0.2, 0) is 12.0 Å². The van der Waals surface area contributed by atoms with E-state index in [1.54, 1.807) is 4.68 Å². The van der Waals surface area contributed by atoms with Crippen molar-refractivity contribution in [2.75, 3.05) is 0 Å². The number of hydrogen-bond acceptors (Lipinski definition) is 5. The average Bonchev–Trinajstić information content (AvgIpc) is 3.21. The zero-order valence-electron chi connectivity index (χ0n) is 23.8. The normalized spacial score (nSPS) is 24.6. The van der Waals surface area contributed by atoms with Crippen LogP contribution in [-0.4, -0.2) is 30.7 Å². The maximum atomic E-state index is 12.9. The lowest BCUT2D eigenvalue weighted by Gasteiger charge is -2.57. The Bertz CT molecular complexity index is 1800. The Labute approximate surface area is 248 Å². The van der Waals surface area contributed by atoms with Crippen LogP contribution in [0.25, 0.3) is 5.69 Å². The van der Waals surface area contributed by atoms with Gasteiger partial charge in [-0.2, -0.15) is 5.10 Å². The van der Waals surface area contributed by atoms with Gasteiger partial charge in [0.2, 0.25) is 5.88 Å². The summed E-state index contributed by atoms with van der Waals surface area (Å²) in [6, 6.07) is 15.5. The second kappa shape index (κ2) is 10.1. The predicted octanol–water partition coefficient (Wildman–Crippen LogP) is 5.96. The Morgan fingerprint density at radius 3 is 2.31 bits per heavy atom. The molecular weight excluding hydrogens is 550 g/mol. The molecule has 2 aromatic heterocycles. The largest absolute Gasteiger partial charge is 0.493 e. The Balaban J connectivity index is 1.19. The number of nitrogens with zero attached hydrogens (tertiary/aromatic N) is 4. The lowest BCUT2D eigenvalue weighted by Crippen LogP contribution is -2.48. The molecule has 0 spiro atoms. The fourth-order valence-corrected chi connectivity index (χ4v) is 8.46. The molecule has 4 fully saturated rings. The SMILES string of the molecule is Cc1nn(Cc2ccccc2Cl)c(C)c1N=Cc1c(O)n(-c2ccc(C34CC5CC(CC(C5)C3)C4)cc2)c(=O)[nH]c1=O. The molecule has 9 heteroatoms. The zero-order chi connectivity index (χ0) is 29.2. The van der Waals surface area contributed by atoms with Crippen molar-refractivity contribution in [1.29, 1.82) is 0 Å². The molecule has 216 valence electrons. The highest BCUT2D eigenvalue weighted by molar-refractivity contribution is 6.31. The molecule has 8 nitrogen and oxygen atoms in total. The molecule has 4 bridgehead atoms. The molecule has 0 amide bonds. The summed E-state index contributed by atoms with van der Waals surface area (Å²) in [6.07, 6.45) is 9.17. The predicted molar refractivity (Wildman–Crippen MR) is 164 cm³/mol. The number of aryl methyl sites for hydroxylation is 1. The number of aromatic nitrogens is 4. The van der Waals surface area contributed by atoms with Crippen molar-refractivity contribution >= 4 is 23.5 Å². The minimum Gasteiger partial charge on any atom is -0.493 e. The molecule has 4 saturated carbocycles. The molecule has 2 N–H and O–H groups in total. The second-order valence-corrected chi connectivity index (χ2v) is 13.0. The number of aromatic hydroxyl groups is 1. The lowest BCUT2D eigenvalue weighted by atomic mass is 9.48. The molecule has 0 radical (unpaired) electrons. The quantitative estimate of drug-likeness (QED) is 0.273. The molecule has 0 atom stereocenters. The van der Waals surface area contributed by atoms with Gasteiger partial charge in [-0.15, -0.1) is 0 Å². The Hall–Kier alpha value is -3.91. The average molecular weight is 584 g/mol. The molecular formula is C33H34ClN5O3. The van der Waals surface area contributed by atoms with E-state index in [-0.39, 0.29) is 11.0 Å². The molecule has 4 aliphatic rings. The first-order valence-corrected chi connectivity index (χ1v) is 15.1. The Morgan fingerprint density at radius 2 is 1.67 bits per heavy atom. The van der Waals surface area contributed by atoms with Gasteiger partial charge in [0, 0.05) is 11.2 Å². The van der Waals surface area contributed by atoms with E-state index in [0.717, 1.165) is 33.6 Å². The van der Waals surface area contributed by atoms with Crippen molar-refractivity contribution in [2.45, 2.75) is 64.3 Å². The summed E-state index contributed by atoms with van der Waals surface area (Å²) < 4.78 is 2.94. The van der Waals surface area contributed by atoms with Crippen LogP contribution < -0.4 is 11.2 Å². The number of hydrogen-bond donors (Lipinski definition) is 2. The standard InChI is InChI=1S/C33H34ClN5O3/c1-19-29(20(2)38(37-19)18-24-5-3-4-6-28(24)34)35-17-27-30(40)36-32(42)39(31(27)41)26-9-7-25(8-10-26)33-14-21-11-22(15-33)13-23(12-21)16-33/h3-10,17,21-23,41H,11-16,18H2,1-2H3,(H,36,40,42). The zero-order valence-corrected chi connectivity index (χ0v) is 24.6. The smallest absolute Gasteiger partial charge is 0.335 e. The van der Waals surface area contributed by atoms with E-state index in [9.17, 15) is 14.7 Å². The Morgan fingerprint density at radius 1 is 1.02 bits per heavy atom. The van der Waals surface area contributed by atoms with Crippen LogP contribution in [0.4, 0.5) is 5.69 Å². The first-order chi connectivity index (χ1) is 20.2. The van der Waals surface area contributed by atoms with Crippen LogP contribution >= 0.6 is 11.6 Å². The van der Waals surface area contributed by atoms with E-state index in [1.807, 2.05) is 50.2 Å². The van der Waals surface area contributed by atoms with Crippen LogP contribution in [0.15, 0.2) is 63.1 Å². The number of aromatic amines is 1. The van der Waals surface area contributed by atoms with Crippen LogP contribution in [0.2, 0.25) is 5.02 Å². The van der Waals surface area contributed by atoms with E-state index >= 15 is 0 Å². The van der Waals surface area contributed by atoms with Crippen molar-refractivity contribution in [2.24, 2.45) is 22.7 Å². The van der Waals surface area contributed by atoms with Gasteiger partial charge in [-0.05, 0) is 105 Å². The van der Waals surface area contributed by atoms with E-state index < -0.39 is 17.1 Å². The summed E-state index contributed by atoms with van der Waals surface area (Å²) in [5.74, 6) is 2.05. The number of benzene rings is 2. The molecule has 0 aliphatic heterocycles. The van der Waals surface area contributed by atoms with Gasteiger partial charge in [0.25, 0.3) is 5.56 Å². The fraction of sp³-hybridized carbons (Fsp3) is 0.394. The number of aliphatic imine (C=N–C) groups is 1. The van der Waals surface area contributed by atoms with Crippen molar-refractivity contribution in [3.8, 4) is 11.6 Å². The number of H-pyrrole nitrogens is 1. The molecule has 4 aromatic rings. The lowest BCUT2D eigenvalue weighted by molar-refractivity contribution is -0.00518. The molecule has 8 rings (SSSR count). The summed E-state index contributed by atoms with van der Waals surface area (Å²) in [4.78, 5) is 32.5. The van der Waals surface area contributed by atoms with Gasteiger partial charge in [-0.1, -0.05) is 41.9 Å². The van der Waals surface area contributed by atoms with E-state index in [0.29, 0.717) is 28.6 Å². The summed E-state index contributed by atoms with van der Waals surface area (Å²) in [5.41, 5.74) is 3.51. The van der Waals surface area contributed by atoms with Crippen LogP contribution in [0.3, 0.4) is 0 Å². The maximum absolute atomic E-state index is 12.9. The molecule has 2 aromatic carbocycles. The van der Waals surface area contributed by atoms with Gasteiger partial charge >= 0.3 is 5.69 Å². The molecule has 4 aliphatic carbocycles. The second-order valence-electron chi connectivity index (χ2n) is 12.6. The number of halogens is 1. The van der Waals surface area contributed by atoms with E-state index in [4.69, 9.17) is 11.6 Å². The van der Waals surface area contributed by atoms with Crippen molar-refractivity contribution in [3.05, 3.63) is 102 Å². The van der Waals surface area contributed by atoms with Gasteiger partial charge in [0.1, 0.15) is 11.3 Å². The minimum absolute atomic E-state index is 0.0996. The van der Waals surface area contributed by atoms with Gasteiger partial charge < -0.3 is 5.11 Å². The third-order valence-electron chi connectivity index (χ3n) is 9.84. The van der Waals surface area contributed by atoms with Crippen molar-refractivity contribution in [3.63, 3.8) is 0 Å². The van der Waals surface area contributed by atoms with Crippen LogP contribution in [0.5, 0.6) is 5.88 Å². The Kier molecular flexibility index (Phi) is 6.50. The first kappa shape index (κ1) is 27.0. The highest BCUT2D eigenvalue weighted by Gasteiger charge is 2.51. The molecule has 2 heterocycles. The summed E-state index contributed by atoms with van der Waals surface area (Å²) in [6.45, 7) is 4.19. The third kappa shape index (κ3) is 4.53. The molecule has 0 saturated heterocycles. The van der Waals surface area contributed by atoms with Crippen molar-refractivity contribution < 1.29 is 5.11 Å². The molecule has 42 heavy (non-hydrogen) atoms. The third-order valence-corrected chi connectivity index (χ3v) is 10.2. The van der Waals surface area contributed by atoms with Crippen LogP contribution in [0.1, 0.15) is 66.6 Å². The minimum atomic E-state index is -0.707. The van der Waals surface area contributed by atoms with Gasteiger partial charge in [-0.3, -0.25) is 19.5 Å². The van der Waals surface area contributed by atoms with Gasteiger partial charge in [0.05, 0.1) is 23.6 Å². The number of nitrogens with one attached hydrogen (secondary N) is 1. The summed E-state index contributed by atoms with van der Waals surface area (Å²) in [7, 11) is 0. The highest BCUT2D eigenvalue weighted by atomic mass is 35.5.